The second-order valence-electron chi connectivity index (χ2n) is 9.38. The number of carbonyl (C=O) groups is 1. The van der Waals surface area contributed by atoms with E-state index in [1.54, 1.807) is 0 Å². The molecule has 0 spiro atoms. The minimum absolute atomic E-state index is 0.0301. The van der Waals surface area contributed by atoms with Crippen molar-refractivity contribution in [3.8, 4) is 11.6 Å². The number of aromatic amines is 1. The molecule has 5 rings (SSSR count). The van der Waals surface area contributed by atoms with E-state index in [2.05, 4.69) is 48.1 Å². The molecular formula is C30H29N3O2. The number of aryl methyl sites for hydroxylation is 3. The van der Waals surface area contributed by atoms with E-state index in [-0.39, 0.29) is 18.2 Å². The molecule has 2 N–H and O–H groups in total. The Hall–Kier alpha value is -4.12. The molecule has 0 aliphatic heterocycles. The minimum atomic E-state index is 0.0301. The molecule has 0 bridgehead atoms. The van der Waals surface area contributed by atoms with Crippen molar-refractivity contribution >= 4 is 33.3 Å². The Labute approximate surface area is 204 Å². The van der Waals surface area contributed by atoms with Gasteiger partial charge in [-0.2, -0.15) is 0 Å². The maximum atomic E-state index is 12.8. The first-order chi connectivity index (χ1) is 16.8. The average Bonchev–Trinajstić information content (AvgIpc) is 3.34. The van der Waals surface area contributed by atoms with Gasteiger partial charge in [-0.15, -0.1) is 0 Å². The fraction of sp³-hybridized carbons (Fsp3) is 0.200. The maximum absolute atomic E-state index is 12.8. The van der Waals surface area contributed by atoms with E-state index >= 15 is 0 Å². The molecule has 3 aromatic carbocycles. The summed E-state index contributed by atoms with van der Waals surface area (Å²) in [5.41, 5.74) is 8.50. The van der Waals surface area contributed by atoms with Gasteiger partial charge in [-0.05, 0) is 74.2 Å². The zero-order valence-electron chi connectivity index (χ0n) is 20.5. The van der Waals surface area contributed by atoms with E-state index in [0.717, 1.165) is 49.7 Å². The minimum Gasteiger partial charge on any atom is -0.494 e. The summed E-state index contributed by atoms with van der Waals surface area (Å²) >= 11 is 0. The van der Waals surface area contributed by atoms with Crippen LogP contribution in [0.25, 0.3) is 27.5 Å². The molecule has 5 aromatic rings. The van der Waals surface area contributed by atoms with Crippen LogP contribution in [0.15, 0.2) is 71.9 Å². The number of hydrogen-bond donors (Lipinski definition) is 2. The number of ketones is 1. The molecule has 176 valence electrons. The smallest absolute Gasteiger partial charge is 0.206 e. The molecule has 2 aromatic heterocycles. The standard InChI is InChI=1S/C30H29N3O2/c1-18-9-10-26-28(14-18)33(23-12-19(2)11-20(3)13-23)30(35)29(26)21(4)31-17-24(34)15-22-16-32-27-8-6-5-7-25(22)27/h5-14,16,32,35H,15,17H2,1-4H3. The van der Waals surface area contributed by atoms with Crippen LogP contribution in [0, 0.1) is 20.8 Å². The Kier molecular flexibility index (Phi) is 5.77. The van der Waals surface area contributed by atoms with Crippen molar-refractivity contribution in [3.05, 3.63) is 94.7 Å². The second kappa shape index (κ2) is 8.91. The number of rotatable bonds is 6. The number of Topliss-reactive ketones (excluding diaryl/α,β-unsaturated/α-hetero) is 1. The Morgan fingerprint density at radius 3 is 2.46 bits per heavy atom. The summed E-state index contributed by atoms with van der Waals surface area (Å²) in [6, 6.07) is 20.3. The quantitative estimate of drug-likeness (QED) is 0.288. The first-order valence-electron chi connectivity index (χ1n) is 11.8. The number of hydrogen-bond acceptors (Lipinski definition) is 3. The molecule has 0 saturated carbocycles. The van der Waals surface area contributed by atoms with Crippen LogP contribution in [0.2, 0.25) is 0 Å². The number of aliphatic imine (C=N–C) groups is 1. The molecule has 5 heteroatoms. The van der Waals surface area contributed by atoms with Crippen LogP contribution in [0.1, 0.15) is 34.7 Å². The van der Waals surface area contributed by atoms with Crippen LogP contribution < -0.4 is 0 Å². The molecule has 0 radical (unpaired) electrons. The first kappa shape index (κ1) is 22.7. The van der Waals surface area contributed by atoms with Crippen LogP contribution in [0.5, 0.6) is 5.88 Å². The first-order valence-corrected chi connectivity index (χ1v) is 11.8. The molecule has 0 unspecified atom stereocenters. The van der Waals surface area contributed by atoms with E-state index in [9.17, 15) is 9.90 Å². The molecule has 5 nitrogen and oxygen atoms in total. The van der Waals surface area contributed by atoms with Gasteiger partial charge in [0.05, 0.1) is 17.6 Å². The normalized spacial score (nSPS) is 12.1. The van der Waals surface area contributed by atoms with Crippen molar-refractivity contribution < 1.29 is 9.90 Å². The van der Waals surface area contributed by atoms with Crippen molar-refractivity contribution in [1.82, 2.24) is 9.55 Å². The summed E-state index contributed by atoms with van der Waals surface area (Å²) in [6.45, 7) is 8.07. The monoisotopic (exact) mass is 463 g/mol. The van der Waals surface area contributed by atoms with Crippen molar-refractivity contribution in [2.75, 3.05) is 6.54 Å². The number of carbonyl (C=O) groups excluding carboxylic acids is 1. The Morgan fingerprint density at radius 1 is 0.943 bits per heavy atom. The molecule has 0 saturated heterocycles. The van der Waals surface area contributed by atoms with Crippen molar-refractivity contribution in [3.63, 3.8) is 0 Å². The van der Waals surface area contributed by atoms with Crippen molar-refractivity contribution in [1.29, 1.82) is 0 Å². The molecule has 0 aliphatic carbocycles. The van der Waals surface area contributed by atoms with Gasteiger partial charge in [0.2, 0.25) is 5.88 Å². The van der Waals surface area contributed by atoms with Gasteiger partial charge in [-0.25, -0.2) is 0 Å². The third-order valence-electron chi connectivity index (χ3n) is 6.48. The number of benzene rings is 3. The molecule has 35 heavy (non-hydrogen) atoms. The van der Waals surface area contributed by atoms with Crippen LogP contribution in [-0.4, -0.2) is 32.7 Å². The summed E-state index contributed by atoms with van der Waals surface area (Å²) in [4.78, 5) is 20.6. The van der Waals surface area contributed by atoms with E-state index < -0.39 is 0 Å². The Bertz CT molecular complexity index is 1600. The van der Waals surface area contributed by atoms with Gasteiger partial charge in [-0.3, -0.25) is 14.4 Å². The predicted molar refractivity (Wildman–Crippen MR) is 143 cm³/mol. The van der Waals surface area contributed by atoms with Crippen LogP contribution in [0.4, 0.5) is 0 Å². The summed E-state index contributed by atoms with van der Waals surface area (Å²) in [5.74, 6) is 0.170. The highest BCUT2D eigenvalue weighted by atomic mass is 16.3. The van der Waals surface area contributed by atoms with Gasteiger partial charge in [0.15, 0.2) is 5.78 Å². The summed E-state index contributed by atoms with van der Waals surface area (Å²) < 4.78 is 1.88. The lowest BCUT2D eigenvalue weighted by molar-refractivity contribution is -0.117. The third kappa shape index (κ3) is 4.26. The van der Waals surface area contributed by atoms with E-state index in [1.807, 2.05) is 61.0 Å². The lowest BCUT2D eigenvalue weighted by atomic mass is 10.1. The number of nitrogens with zero attached hydrogens (tertiary/aromatic N) is 2. The highest BCUT2D eigenvalue weighted by molar-refractivity contribution is 6.13. The Balaban J connectivity index is 1.50. The van der Waals surface area contributed by atoms with Crippen LogP contribution in [-0.2, 0) is 11.2 Å². The van der Waals surface area contributed by atoms with Crippen LogP contribution >= 0.6 is 0 Å². The molecule has 0 atom stereocenters. The number of H-pyrrole nitrogens is 1. The summed E-state index contributed by atoms with van der Waals surface area (Å²) in [5, 5.41) is 13.4. The topological polar surface area (TPSA) is 70.4 Å². The fourth-order valence-corrected chi connectivity index (χ4v) is 4.91. The van der Waals surface area contributed by atoms with Crippen molar-refractivity contribution in [2.45, 2.75) is 34.1 Å². The van der Waals surface area contributed by atoms with Crippen molar-refractivity contribution in [2.24, 2.45) is 4.99 Å². The maximum Gasteiger partial charge on any atom is 0.206 e. The lowest BCUT2D eigenvalue weighted by Gasteiger charge is -2.10. The number of aromatic nitrogens is 2. The fourth-order valence-electron chi connectivity index (χ4n) is 4.91. The Morgan fingerprint density at radius 2 is 1.69 bits per heavy atom. The number of para-hydroxylation sites is 1. The van der Waals surface area contributed by atoms with E-state index in [4.69, 9.17) is 0 Å². The zero-order valence-corrected chi connectivity index (χ0v) is 20.5. The molecule has 0 amide bonds. The molecule has 2 heterocycles. The molecular weight excluding hydrogens is 434 g/mol. The predicted octanol–water partition coefficient (Wildman–Crippen LogP) is 6.36. The van der Waals surface area contributed by atoms with E-state index in [1.165, 1.54) is 0 Å². The molecule has 0 aliphatic rings. The van der Waals surface area contributed by atoms with Gasteiger partial charge in [0.25, 0.3) is 0 Å². The van der Waals surface area contributed by atoms with Gasteiger partial charge in [-0.1, -0.05) is 36.4 Å². The van der Waals surface area contributed by atoms with Gasteiger partial charge in [0.1, 0.15) is 0 Å². The van der Waals surface area contributed by atoms with Gasteiger partial charge in [0, 0.05) is 40.3 Å². The van der Waals surface area contributed by atoms with Crippen LogP contribution in [0.3, 0.4) is 0 Å². The van der Waals surface area contributed by atoms with Gasteiger partial charge < -0.3 is 10.1 Å². The number of aromatic hydroxyl groups is 1. The lowest BCUT2D eigenvalue weighted by Crippen LogP contribution is -2.08. The SMILES string of the molecule is CC(=NCC(=O)Cc1c[nH]c2ccccc12)c1c(O)n(-c2cc(C)cc(C)c2)c2cc(C)ccc12. The number of fused-ring (bicyclic) bond motifs is 2. The van der Waals surface area contributed by atoms with E-state index in [0.29, 0.717) is 17.7 Å². The average molecular weight is 464 g/mol. The second-order valence-corrected chi connectivity index (χ2v) is 9.38. The summed E-state index contributed by atoms with van der Waals surface area (Å²) in [6.07, 6.45) is 2.21. The molecule has 0 fully saturated rings. The third-order valence-corrected chi connectivity index (χ3v) is 6.48. The zero-order chi connectivity index (χ0) is 24.7. The van der Waals surface area contributed by atoms with Gasteiger partial charge >= 0.3 is 0 Å². The summed E-state index contributed by atoms with van der Waals surface area (Å²) in [7, 11) is 0. The highest BCUT2D eigenvalue weighted by Crippen LogP contribution is 2.36. The largest absolute Gasteiger partial charge is 0.494 e. The number of nitrogens with one attached hydrogen (secondary N) is 1. The highest BCUT2D eigenvalue weighted by Gasteiger charge is 2.20.